The molecule has 38 heavy (non-hydrogen) atoms. The molecule has 0 N–H and O–H groups in total. The molecule has 6 heteroatoms. The molecule has 3 aromatic rings. The third kappa shape index (κ3) is 4.71. The van der Waals surface area contributed by atoms with Crippen LogP contribution in [-0.4, -0.2) is 39.2 Å². The smallest absolute Gasteiger partial charge is 0.338 e. The Kier molecular flexibility index (Phi) is 8.30. The number of carbonyl (C=O) groups excluding carboxylic acids is 3. The van der Waals surface area contributed by atoms with Gasteiger partial charge >= 0.3 is 17.9 Å². The van der Waals surface area contributed by atoms with Crippen LogP contribution in [0.3, 0.4) is 0 Å². The molecule has 3 aromatic carbocycles. The topological polar surface area (TPSA) is 78.9 Å². The summed E-state index contributed by atoms with van der Waals surface area (Å²) in [5.41, 5.74) is 4.78. The molecule has 0 saturated carbocycles. The van der Waals surface area contributed by atoms with Crippen LogP contribution in [0.25, 0.3) is 22.3 Å². The zero-order chi connectivity index (χ0) is 27.3. The maximum absolute atomic E-state index is 13.6. The van der Waals surface area contributed by atoms with Gasteiger partial charge in [0.1, 0.15) is 0 Å². The van der Waals surface area contributed by atoms with Gasteiger partial charge in [-0.05, 0) is 46.2 Å². The number of hydrogen-bond acceptors (Lipinski definition) is 6. The summed E-state index contributed by atoms with van der Waals surface area (Å²) in [6.07, 6.45) is 3.74. The zero-order valence-electron chi connectivity index (χ0n) is 22.5. The maximum Gasteiger partial charge on any atom is 0.338 e. The van der Waals surface area contributed by atoms with Crippen LogP contribution in [0, 0.1) is 5.41 Å². The quantitative estimate of drug-likeness (QED) is 0.151. The minimum Gasteiger partial charge on any atom is -0.468 e. The monoisotopic (exact) mass is 514 g/mol. The standard InChI is InChI=1S/C32H34O6/c1-5-6-9-18-23-26(21-14-10-7-11-15-21)24-19-32(30(34)37-3,31(35)38-4)20-25(24)27(28(23)29(33)36-2)22-16-12-8-13-17-22/h7-8,10-17H,5-6,9,18-20H2,1-4H3. The van der Waals surface area contributed by atoms with E-state index >= 15 is 0 Å². The summed E-state index contributed by atoms with van der Waals surface area (Å²) in [4.78, 5) is 40.1. The second-order valence-electron chi connectivity index (χ2n) is 9.66. The van der Waals surface area contributed by atoms with Crippen LogP contribution in [0.1, 0.15) is 53.2 Å². The Bertz CT molecular complexity index is 1310. The molecule has 1 aliphatic carbocycles. The second kappa shape index (κ2) is 11.6. The van der Waals surface area contributed by atoms with Crippen molar-refractivity contribution in [2.24, 2.45) is 5.41 Å². The van der Waals surface area contributed by atoms with Gasteiger partial charge < -0.3 is 14.2 Å². The van der Waals surface area contributed by atoms with E-state index in [1.807, 2.05) is 60.7 Å². The first-order valence-corrected chi connectivity index (χ1v) is 13.0. The lowest BCUT2D eigenvalue weighted by Crippen LogP contribution is -2.42. The van der Waals surface area contributed by atoms with Crippen LogP contribution in [0.4, 0.5) is 0 Å². The first-order valence-electron chi connectivity index (χ1n) is 13.0. The van der Waals surface area contributed by atoms with Gasteiger partial charge in [0.2, 0.25) is 0 Å². The second-order valence-corrected chi connectivity index (χ2v) is 9.66. The van der Waals surface area contributed by atoms with Crippen molar-refractivity contribution < 1.29 is 28.6 Å². The average molecular weight is 515 g/mol. The highest BCUT2D eigenvalue weighted by Gasteiger charge is 2.54. The number of hydrogen-bond donors (Lipinski definition) is 0. The molecule has 0 fully saturated rings. The Labute approximate surface area is 223 Å². The van der Waals surface area contributed by atoms with Crippen LogP contribution in [0.15, 0.2) is 60.7 Å². The van der Waals surface area contributed by atoms with E-state index in [9.17, 15) is 14.4 Å². The van der Waals surface area contributed by atoms with E-state index in [0.29, 0.717) is 17.5 Å². The minimum absolute atomic E-state index is 0.0605. The van der Waals surface area contributed by atoms with Gasteiger partial charge in [-0.25, -0.2) is 4.79 Å². The predicted octanol–water partition coefficient (Wildman–Crippen LogP) is 5.97. The molecule has 0 heterocycles. The van der Waals surface area contributed by atoms with Crippen LogP contribution in [0.5, 0.6) is 0 Å². The van der Waals surface area contributed by atoms with Gasteiger partial charge in [-0.1, -0.05) is 80.4 Å². The lowest BCUT2D eigenvalue weighted by molar-refractivity contribution is -0.168. The van der Waals surface area contributed by atoms with E-state index in [-0.39, 0.29) is 12.8 Å². The van der Waals surface area contributed by atoms with Crippen molar-refractivity contribution in [1.29, 1.82) is 0 Å². The summed E-state index contributed by atoms with van der Waals surface area (Å²) in [6.45, 7) is 2.14. The third-order valence-electron chi connectivity index (χ3n) is 7.48. The molecule has 6 nitrogen and oxygen atoms in total. The SMILES string of the molecule is CCCCCc1c(C(=O)OC)c(-c2ccccc2)c2c(c1-c1ccccc1)CC(C(=O)OC)(C(=O)OC)C2. The summed E-state index contributed by atoms with van der Waals surface area (Å²) >= 11 is 0. The van der Waals surface area contributed by atoms with Crippen molar-refractivity contribution >= 4 is 17.9 Å². The van der Waals surface area contributed by atoms with E-state index in [1.165, 1.54) is 21.3 Å². The molecule has 0 bridgehead atoms. The van der Waals surface area contributed by atoms with Crippen molar-refractivity contribution in [2.75, 3.05) is 21.3 Å². The average Bonchev–Trinajstić information content (AvgIpc) is 3.37. The molecular weight excluding hydrogens is 480 g/mol. The summed E-state index contributed by atoms with van der Waals surface area (Å²) in [5.74, 6) is -1.74. The van der Waals surface area contributed by atoms with Gasteiger partial charge in [0.15, 0.2) is 5.41 Å². The van der Waals surface area contributed by atoms with E-state index in [2.05, 4.69) is 6.92 Å². The molecule has 0 aromatic heterocycles. The fourth-order valence-corrected chi connectivity index (χ4v) is 5.74. The third-order valence-corrected chi connectivity index (χ3v) is 7.48. The molecule has 0 saturated heterocycles. The number of benzene rings is 3. The Hall–Kier alpha value is -3.93. The highest BCUT2D eigenvalue weighted by molar-refractivity contribution is 6.07. The normalized spacial score (nSPS) is 13.5. The van der Waals surface area contributed by atoms with Crippen molar-refractivity contribution in [3.05, 3.63) is 82.9 Å². The summed E-state index contributed by atoms with van der Waals surface area (Å²) < 4.78 is 15.7. The van der Waals surface area contributed by atoms with Gasteiger partial charge in [-0.2, -0.15) is 0 Å². The molecule has 0 amide bonds. The predicted molar refractivity (Wildman–Crippen MR) is 146 cm³/mol. The van der Waals surface area contributed by atoms with E-state index in [0.717, 1.165) is 52.6 Å². The fraction of sp³-hybridized carbons (Fsp3) is 0.344. The summed E-state index contributed by atoms with van der Waals surface area (Å²) in [6, 6.07) is 19.4. The highest BCUT2D eigenvalue weighted by atomic mass is 16.5. The molecule has 0 unspecified atom stereocenters. The van der Waals surface area contributed by atoms with Crippen molar-refractivity contribution in [2.45, 2.75) is 45.4 Å². The lowest BCUT2D eigenvalue weighted by Gasteiger charge is -2.23. The van der Waals surface area contributed by atoms with Gasteiger partial charge in [-0.3, -0.25) is 9.59 Å². The molecule has 0 atom stereocenters. The van der Waals surface area contributed by atoms with Crippen molar-refractivity contribution in [3.8, 4) is 22.3 Å². The van der Waals surface area contributed by atoms with Gasteiger partial charge in [0, 0.05) is 18.4 Å². The molecular formula is C32H34O6. The largest absolute Gasteiger partial charge is 0.468 e. The van der Waals surface area contributed by atoms with Crippen LogP contribution in [-0.2, 0) is 43.1 Å². The maximum atomic E-state index is 13.6. The van der Waals surface area contributed by atoms with Crippen molar-refractivity contribution in [3.63, 3.8) is 0 Å². The summed E-state index contributed by atoms with van der Waals surface area (Å²) in [7, 11) is 3.94. The van der Waals surface area contributed by atoms with Gasteiger partial charge in [-0.15, -0.1) is 0 Å². The Balaban J connectivity index is 2.16. The number of carbonyl (C=O) groups is 3. The molecule has 0 aliphatic heterocycles. The van der Waals surface area contributed by atoms with E-state index in [1.54, 1.807) is 0 Å². The minimum atomic E-state index is -1.55. The number of unbranched alkanes of at least 4 members (excludes halogenated alkanes) is 2. The van der Waals surface area contributed by atoms with Gasteiger partial charge in [0.25, 0.3) is 0 Å². The van der Waals surface area contributed by atoms with Gasteiger partial charge in [0.05, 0.1) is 26.9 Å². The van der Waals surface area contributed by atoms with Crippen LogP contribution < -0.4 is 0 Å². The number of ether oxygens (including phenoxy) is 3. The molecule has 0 radical (unpaired) electrons. The van der Waals surface area contributed by atoms with E-state index in [4.69, 9.17) is 14.2 Å². The summed E-state index contributed by atoms with van der Waals surface area (Å²) in [5, 5.41) is 0. The number of esters is 3. The Morgan fingerprint density at radius 1 is 0.711 bits per heavy atom. The molecule has 198 valence electrons. The lowest BCUT2D eigenvalue weighted by atomic mass is 9.80. The molecule has 4 rings (SSSR count). The fourth-order valence-electron chi connectivity index (χ4n) is 5.74. The Morgan fingerprint density at radius 3 is 1.68 bits per heavy atom. The number of rotatable bonds is 9. The van der Waals surface area contributed by atoms with Crippen LogP contribution >= 0.6 is 0 Å². The van der Waals surface area contributed by atoms with E-state index < -0.39 is 23.3 Å². The molecule has 1 aliphatic rings. The van der Waals surface area contributed by atoms with Crippen molar-refractivity contribution in [1.82, 2.24) is 0 Å². The number of methoxy groups -OCH3 is 3. The highest BCUT2D eigenvalue weighted by Crippen LogP contribution is 2.50. The first-order chi connectivity index (χ1) is 18.4. The van der Waals surface area contributed by atoms with Crippen LogP contribution in [0.2, 0.25) is 0 Å². The Morgan fingerprint density at radius 2 is 1.21 bits per heavy atom. The molecule has 0 spiro atoms. The zero-order valence-corrected chi connectivity index (χ0v) is 22.5. The number of fused-ring (bicyclic) bond motifs is 1. The first kappa shape index (κ1) is 27.1.